The molecule has 17 nitrogen and oxygen atoms in total. The predicted molar refractivity (Wildman–Crippen MR) is 169 cm³/mol. The molecule has 46 heavy (non-hydrogen) atoms. The molecule has 0 spiro atoms. The lowest BCUT2D eigenvalue weighted by atomic mass is 10.1. The fraction of sp³-hybridized carbons (Fsp3) is 0.586. The fourth-order valence-electron chi connectivity index (χ4n) is 3.38. The van der Waals surface area contributed by atoms with E-state index in [1.807, 2.05) is 0 Å². The van der Waals surface area contributed by atoms with Gasteiger partial charge in [-0.1, -0.05) is 0 Å². The highest BCUT2D eigenvalue weighted by atomic mass is 16.6. The molecule has 0 radical (unpaired) electrons. The Kier molecular flexibility index (Phi) is 11.9. The molecule has 0 aliphatic heterocycles. The first-order chi connectivity index (χ1) is 20.5. The third-order valence-electron chi connectivity index (χ3n) is 4.87. The summed E-state index contributed by atoms with van der Waals surface area (Å²) in [5.74, 6) is -1.83. The van der Waals surface area contributed by atoms with Gasteiger partial charge in [0.1, 0.15) is 22.4 Å². The number of carbonyl (C=O) groups excluding carboxylic acids is 4. The summed E-state index contributed by atoms with van der Waals surface area (Å²) < 4.78 is 21.2. The standard InChI is InChI=1S/C29H45N7O10/c1-16-18(35(25(40)46-29(11,12)13)21(31)33-23(38)44-27(5,6)7)14-17(15-19(16)36(41)42)34(24(39)45-28(8,9)10)20(30)32-22(37)43-26(2,3)4/h14-15H,1-13H3,(H2,30,32,37)(H2,31,33,38). The number of nitro groups is 1. The number of anilines is 2. The maximum Gasteiger partial charge on any atom is 0.421 e. The number of hydrogen-bond donors (Lipinski definition) is 4. The summed E-state index contributed by atoms with van der Waals surface area (Å²) in [5.41, 5.74) is -5.88. The van der Waals surface area contributed by atoms with Crippen molar-refractivity contribution in [2.75, 3.05) is 9.80 Å². The van der Waals surface area contributed by atoms with Gasteiger partial charge in [0.25, 0.3) is 5.69 Å². The van der Waals surface area contributed by atoms with Crippen molar-refractivity contribution in [3.63, 3.8) is 0 Å². The highest BCUT2D eigenvalue weighted by molar-refractivity contribution is 6.19. The van der Waals surface area contributed by atoms with E-state index in [-0.39, 0.29) is 5.56 Å². The van der Waals surface area contributed by atoms with E-state index >= 15 is 0 Å². The van der Waals surface area contributed by atoms with Crippen molar-refractivity contribution in [2.45, 2.75) is 112 Å². The van der Waals surface area contributed by atoms with Gasteiger partial charge in [-0.05, 0) is 96.1 Å². The van der Waals surface area contributed by atoms with Gasteiger partial charge in [-0.3, -0.25) is 31.6 Å². The third-order valence-corrected chi connectivity index (χ3v) is 4.87. The van der Waals surface area contributed by atoms with Crippen LogP contribution in [0.1, 0.15) is 88.6 Å². The van der Waals surface area contributed by atoms with Gasteiger partial charge >= 0.3 is 24.4 Å². The van der Waals surface area contributed by atoms with Crippen molar-refractivity contribution in [3.05, 3.63) is 27.8 Å². The van der Waals surface area contributed by atoms with E-state index in [0.29, 0.717) is 9.80 Å². The van der Waals surface area contributed by atoms with Gasteiger partial charge in [0.05, 0.1) is 21.9 Å². The molecule has 0 saturated carbocycles. The molecule has 1 rings (SSSR count). The molecule has 0 saturated heterocycles. The van der Waals surface area contributed by atoms with Crippen LogP contribution in [0.15, 0.2) is 12.1 Å². The zero-order valence-corrected chi connectivity index (χ0v) is 28.6. The molecular weight excluding hydrogens is 606 g/mol. The third kappa shape index (κ3) is 12.6. The van der Waals surface area contributed by atoms with E-state index < -0.39 is 80.7 Å². The smallest absolute Gasteiger partial charge is 0.421 e. The van der Waals surface area contributed by atoms with E-state index in [0.717, 1.165) is 12.1 Å². The van der Waals surface area contributed by atoms with Crippen LogP contribution in [0.3, 0.4) is 0 Å². The lowest BCUT2D eigenvalue weighted by Gasteiger charge is -2.31. The Bertz CT molecular complexity index is 1400. The predicted octanol–water partition coefficient (Wildman–Crippen LogP) is 6.31. The van der Waals surface area contributed by atoms with Crippen LogP contribution < -0.4 is 20.4 Å². The van der Waals surface area contributed by atoms with Crippen molar-refractivity contribution in [1.29, 1.82) is 10.8 Å². The summed E-state index contributed by atoms with van der Waals surface area (Å²) in [6.07, 6.45) is -4.70. The van der Waals surface area contributed by atoms with Crippen LogP contribution in [0.25, 0.3) is 0 Å². The molecule has 0 aromatic heterocycles. The average molecular weight is 652 g/mol. The minimum atomic E-state index is -1.23. The van der Waals surface area contributed by atoms with Crippen LogP contribution >= 0.6 is 0 Å². The van der Waals surface area contributed by atoms with Crippen molar-refractivity contribution < 1.29 is 43.0 Å². The number of hydrogen-bond acceptors (Lipinski definition) is 12. The molecule has 1 aromatic rings. The fourth-order valence-corrected chi connectivity index (χ4v) is 3.38. The van der Waals surface area contributed by atoms with Crippen molar-refractivity contribution in [1.82, 2.24) is 10.6 Å². The molecular formula is C29H45N7O10. The Hall–Kier alpha value is -4.96. The van der Waals surface area contributed by atoms with Crippen LogP contribution in [0.4, 0.5) is 36.2 Å². The molecule has 0 atom stereocenters. The molecule has 0 aliphatic rings. The van der Waals surface area contributed by atoms with Crippen molar-refractivity contribution in [3.8, 4) is 0 Å². The normalized spacial score (nSPS) is 11.8. The van der Waals surface area contributed by atoms with Crippen LogP contribution in [0.2, 0.25) is 0 Å². The highest BCUT2D eigenvalue weighted by Gasteiger charge is 2.36. The van der Waals surface area contributed by atoms with Gasteiger partial charge in [0.15, 0.2) is 0 Å². The van der Waals surface area contributed by atoms with Crippen molar-refractivity contribution >= 4 is 53.4 Å². The SMILES string of the molecule is Cc1c(N(C(=N)NC(=O)OC(C)(C)C)C(=O)OC(C)(C)C)cc(N(C(=N)NC(=O)OC(C)(C)C)C(=O)OC(C)(C)C)cc1[N+](=O)[O-]. The lowest BCUT2D eigenvalue weighted by molar-refractivity contribution is -0.385. The number of amides is 4. The van der Waals surface area contributed by atoms with Crippen LogP contribution in [0, 0.1) is 27.9 Å². The van der Waals surface area contributed by atoms with E-state index in [4.69, 9.17) is 29.8 Å². The van der Waals surface area contributed by atoms with Gasteiger partial charge in [0, 0.05) is 6.07 Å². The molecule has 0 unspecified atom stereocenters. The topological polar surface area (TPSA) is 227 Å². The number of ether oxygens (including phenoxy) is 4. The first-order valence-corrected chi connectivity index (χ1v) is 14.0. The largest absolute Gasteiger partial charge is 0.444 e. The van der Waals surface area contributed by atoms with Crippen LogP contribution in [-0.4, -0.2) is 63.6 Å². The molecule has 0 bridgehead atoms. The summed E-state index contributed by atoms with van der Waals surface area (Å²) in [6.45, 7) is 19.9. The van der Waals surface area contributed by atoms with Crippen LogP contribution in [0.5, 0.6) is 0 Å². The monoisotopic (exact) mass is 651 g/mol. The molecule has 4 amide bonds. The van der Waals surface area contributed by atoms with Gasteiger partial charge in [0.2, 0.25) is 11.9 Å². The lowest BCUT2D eigenvalue weighted by Crippen LogP contribution is -2.51. The molecule has 0 fully saturated rings. The van der Waals surface area contributed by atoms with Crippen LogP contribution in [-0.2, 0) is 18.9 Å². The first-order valence-electron chi connectivity index (χ1n) is 14.0. The number of nitrogens with zero attached hydrogens (tertiary/aromatic N) is 3. The number of nitro benzene ring substituents is 1. The van der Waals surface area contributed by atoms with E-state index in [1.54, 1.807) is 41.5 Å². The van der Waals surface area contributed by atoms with Gasteiger partial charge in [-0.2, -0.15) is 0 Å². The number of guanidine groups is 2. The van der Waals surface area contributed by atoms with Crippen molar-refractivity contribution in [2.24, 2.45) is 0 Å². The minimum Gasteiger partial charge on any atom is -0.444 e. The van der Waals surface area contributed by atoms with E-state index in [2.05, 4.69) is 10.6 Å². The molecule has 4 N–H and O–H groups in total. The molecule has 1 aromatic carbocycles. The Labute approximate surface area is 268 Å². The van der Waals surface area contributed by atoms with Gasteiger partial charge < -0.3 is 18.9 Å². The number of nitrogens with one attached hydrogen (secondary N) is 4. The Morgan fingerprint density at radius 2 is 1.02 bits per heavy atom. The van der Waals surface area contributed by atoms with E-state index in [1.165, 1.54) is 48.5 Å². The second-order valence-corrected chi connectivity index (χ2v) is 13.9. The zero-order chi connectivity index (χ0) is 36.2. The molecule has 0 heterocycles. The molecule has 0 aliphatic carbocycles. The summed E-state index contributed by atoms with van der Waals surface area (Å²) >= 11 is 0. The average Bonchev–Trinajstić information content (AvgIpc) is 2.75. The number of carbonyl (C=O) groups is 4. The maximum atomic E-state index is 13.5. The quantitative estimate of drug-likeness (QED) is 0.0936. The Balaban J connectivity index is 4.01. The number of rotatable bonds is 3. The summed E-state index contributed by atoms with van der Waals surface area (Å²) in [5, 5.41) is 33.6. The van der Waals surface area contributed by atoms with E-state index in [9.17, 15) is 29.3 Å². The Morgan fingerprint density at radius 1 is 0.674 bits per heavy atom. The van der Waals surface area contributed by atoms with Gasteiger partial charge in [-0.25, -0.2) is 29.0 Å². The zero-order valence-electron chi connectivity index (χ0n) is 28.6. The second kappa shape index (κ2) is 14.0. The Morgan fingerprint density at radius 3 is 1.37 bits per heavy atom. The minimum absolute atomic E-state index is 0.189. The summed E-state index contributed by atoms with van der Waals surface area (Å²) in [6, 6.07) is 1.96. The maximum absolute atomic E-state index is 13.5. The second-order valence-electron chi connectivity index (χ2n) is 13.9. The highest BCUT2D eigenvalue weighted by Crippen LogP contribution is 2.36. The number of alkyl carbamates (subject to hydrolysis) is 2. The van der Waals surface area contributed by atoms with Gasteiger partial charge in [-0.15, -0.1) is 0 Å². The number of benzene rings is 1. The summed E-state index contributed by atoms with van der Waals surface area (Å²) in [7, 11) is 0. The summed E-state index contributed by atoms with van der Waals surface area (Å²) in [4.78, 5) is 64.4. The molecule has 256 valence electrons. The molecule has 17 heteroatoms. The first kappa shape index (κ1) is 39.1.